The van der Waals surface area contributed by atoms with Crippen molar-refractivity contribution < 1.29 is 88.5 Å². The number of rotatable bonds is 34. The van der Waals surface area contributed by atoms with Crippen molar-refractivity contribution in [2.45, 2.75) is 24.9 Å². The van der Waals surface area contributed by atoms with E-state index < -0.39 is 117 Å². The molecule has 0 bridgehead atoms. The minimum Gasteiger partial charge on any atom is -0.462 e. The van der Waals surface area contributed by atoms with E-state index in [2.05, 4.69) is 36.9 Å². The third kappa shape index (κ3) is 21.4. The van der Waals surface area contributed by atoms with Crippen LogP contribution < -0.4 is 10.6 Å². The molecule has 0 aromatic rings. The highest BCUT2D eigenvalue weighted by atomic mass is 28.4. The molecule has 23 heteroatoms. The first-order chi connectivity index (χ1) is 28.1. The first kappa shape index (κ1) is 54.5. The van der Waals surface area contributed by atoms with Crippen molar-refractivity contribution in [2.24, 2.45) is 10.8 Å². The molecule has 59 heavy (non-hydrogen) atoms. The molecule has 0 spiro atoms. The Bertz CT molecular complexity index is 1250. The van der Waals surface area contributed by atoms with Gasteiger partial charge in [0.05, 0.1) is 24.0 Å². The van der Waals surface area contributed by atoms with Crippen LogP contribution in [0.15, 0.2) is 50.6 Å². The molecule has 336 valence electrons. The summed E-state index contributed by atoms with van der Waals surface area (Å²) >= 11 is 0. The highest BCUT2D eigenvalue weighted by Crippen LogP contribution is 2.26. The van der Waals surface area contributed by atoms with Crippen LogP contribution in [0.4, 0.5) is 9.59 Å². The summed E-state index contributed by atoms with van der Waals surface area (Å²) in [5, 5.41) is 5.19. The summed E-state index contributed by atoms with van der Waals surface area (Å²) in [4.78, 5) is 74.5. The SMILES string of the molecule is C=CC(=O)OCC(COCC(COC(=O)C=C)(COC(=O)NCCC[Si](OC)(OC)OC)COC(=O)NCCC[Si](OC)(OC)OC)(COC(=O)C=C)COC(=O)C=C. The van der Waals surface area contributed by atoms with Crippen LogP contribution in [0.2, 0.25) is 12.1 Å². The van der Waals surface area contributed by atoms with Crippen LogP contribution in [0.1, 0.15) is 12.8 Å². The van der Waals surface area contributed by atoms with Gasteiger partial charge in [-0.25, -0.2) is 28.8 Å². The highest BCUT2D eigenvalue weighted by molar-refractivity contribution is 6.60. The van der Waals surface area contributed by atoms with Gasteiger partial charge in [0, 0.05) is 92.1 Å². The van der Waals surface area contributed by atoms with Gasteiger partial charge < -0.3 is 70.3 Å². The van der Waals surface area contributed by atoms with Gasteiger partial charge in [-0.1, -0.05) is 26.3 Å². The Kier molecular flexibility index (Phi) is 27.4. The molecule has 0 fully saturated rings. The Morgan fingerprint density at radius 2 is 0.695 bits per heavy atom. The molecule has 21 nitrogen and oxygen atoms in total. The smallest absolute Gasteiger partial charge is 0.462 e. The molecular weight excluding hydrogens is 821 g/mol. The van der Waals surface area contributed by atoms with Crippen LogP contribution in [-0.4, -0.2) is 162 Å². The minimum absolute atomic E-state index is 0.121. The van der Waals surface area contributed by atoms with E-state index in [1.807, 2.05) is 0 Å². The average Bonchev–Trinajstić information content (AvgIpc) is 3.26. The van der Waals surface area contributed by atoms with Crippen LogP contribution >= 0.6 is 0 Å². The van der Waals surface area contributed by atoms with Crippen molar-refractivity contribution in [3.05, 3.63) is 50.6 Å². The topological polar surface area (TPSA) is 246 Å². The number of alkyl carbamates (subject to hydrolysis) is 2. The summed E-state index contributed by atoms with van der Waals surface area (Å²) in [6.45, 7) is 9.48. The molecule has 2 amide bonds. The fourth-order valence-electron chi connectivity index (χ4n) is 4.76. The van der Waals surface area contributed by atoms with Gasteiger partial charge in [-0.05, 0) is 12.8 Å². The van der Waals surface area contributed by atoms with E-state index in [1.165, 1.54) is 42.7 Å². The summed E-state index contributed by atoms with van der Waals surface area (Å²) in [6, 6.07) is 0.739. The number of hydrogen-bond donors (Lipinski definition) is 2. The quantitative estimate of drug-likeness (QED) is 0.0308. The highest BCUT2D eigenvalue weighted by Gasteiger charge is 2.41. The van der Waals surface area contributed by atoms with Gasteiger partial charge in [-0.15, -0.1) is 0 Å². The Morgan fingerprint density at radius 1 is 0.441 bits per heavy atom. The van der Waals surface area contributed by atoms with Crippen LogP contribution in [0.25, 0.3) is 0 Å². The number of nitrogens with one attached hydrogen (secondary N) is 2. The van der Waals surface area contributed by atoms with Crippen molar-refractivity contribution in [2.75, 3.05) is 109 Å². The second-order valence-electron chi connectivity index (χ2n) is 12.5. The summed E-state index contributed by atoms with van der Waals surface area (Å²) in [7, 11) is 2.91. The average molecular weight is 881 g/mol. The van der Waals surface area contributed by atoms with E-state index >= 15 is 0 Å². The van der Waals surface area contributed by atoms with Gasteiger partial charge in [0.15, 0.2) is 0 Å². The fourth-order valence-corrected chi connectivity index (χ4v) is 8.20. The Balaban J connectivity index is 6.53. The van der Waals surface area contributed by atoms with E-state index in [9.17, 15) is 28.8 Å². The van der Waals surface area contributed by atoms with Gasteiger partial charge in [-0.2, -0.15) is 0 Å². The lowest BCUT2D eigenvalue weighted by Gasteiger charge is -2.35. The zero-order valence-corrected chi connectivity index (χ0v) is 36.8. The predicted molar refractivity (Wildman–Crippen MR) is 211 cm³/mol. The summed E-state index contributed by atoms with van der Waals surface area (Å²) < 4.78 is 70.6. The van der Waals surface area contributed by atoms with Gasteiger partial charge in [0.1, 0.15) is 39.6 Å². The summed E-state index contributed by atoms with van der Waals surface area (Å²) in [6.07, 6.45) is 2.53. The predicted octanol–water partition coefficient (Wildman–Crippen LogP) is 1.88. The molecule has 0 aromatic carbocycles. The third-order valence-corrected chi connectivity index (χ3v) is 14.0. The second-order valence-corrected chi connectivity index (χ2v) is 18.7. The second kappa shape index (κ2) is 29.7. The van der Waals surface area contributed by atoms with Gasteiger partial charge in [0.25, 0.3) is 0 Å². The molecule has 0 heterocycles. The fraction of sp³-hybridized carbons (Fsp3) is 0.611. The van der Waals surface area contributed by atoms with Gasteiger partial charge in [-0.3, -0.25) is 0 Å². The lowest BCUT2D eigenvalue weighted by Crippen LogP contribution is -2.48. The Morgan fingerprint density at radius 3 is 0.932 bits per heavy atom. The standard InChI is InChI=1S/C36H60N2O19Si2/c1-11-29(39)52-23-35(24-53-30(40)12-2,25-54-31(41)13-3)21-51-22-36(26-55-32(42)14-4,27-56-33(43)37-17-15-19-58(45-5,46-6)47-7)28-57-34(44)38-18-16-20-59(48-8,49-9)50-10/h11-14H,1-4,15-28H2,5-10H3,(H,37,43)(H,38,44). The van der Waals surface area contributed by atoms with Crippen LogP contribution in [0.3, 0.4) is 0 Å². The largest absolute Gasteiger partial charge is 0.500 e. The van der Waals surface area contributed by atoms with Crippen molar-refractivity contribution in [3.63, 3.8) is 0 Å². The number of esters is 4. The van der Waals surface area contributed by atoms with E-state index in [-0.39, 0.29) is 13.1 Å². The Labute approximate surface area is 347 Å². The van der Waals surface area contributed by atoms with Gasteiger partial charge in [0.2, 0.25) is 0 Å². The van der Waals surface area contributed by atoms with Crippen molar-refractivity contribution in [3.8, 4) is 0 Å². The van der Waals surface area contributed by atoms with Gasteiger partial charge >= 0.3 is 53.7 Å². The number of carbonyl (C=O) groups excluding carboxylic acids is 6. The first-order valence-electron chi connectivity index (χ1n) is 18.0. The van der Waals surface area contributed by atoms with Crippen LogP contribution in [0.5, 0.6) is 0 Å². The number of hydrogen-bond acceptors (Lipinski definition) is 19. The van der Waals surface area contributed by atoms with E-state index in [0.29, 0.717) is 24.9 Å². The minimum atomic E-state index is -2.92. The first-order valence-corrected chi connectivity index (χ1v) is 21.8. The third-order valence-electron chi connectivity index (χ3n) is 8.31. The summed E-state index contributed by atoms with van der Waals surface area (Å²) in [5.74, 6) is -3.44. The number of amides is 2. The van der Waals surface area contributed by atoms with E-state index in [0.717, 1.165) is 24.3 Å². The summed E-state index contributed by atoms with van der Waals surface area (Å²) in [5.41, 5.74) is -3.19. The molecule has 0 saturated carbocycles. The zero-order chi connectivity index (χ0) is 44.8. The van der Waals surface area contributed by atoms with Crippen molar-refractivity contribution in [1.82, 2.24) is 10.6 Å². The normalized spacial score (nSPS) is 11.6. The molecule has 2 N–H and O–H groups in total. The lowest BCUT2D eigenvalue weighted by molar-refractivity contribution is -0.165. The van der Waals surface area contributed by atoms with E-state index in [4.69, 9.17) is 59.7 Å². The maximum absolute atomic E-state index is 13.0. The van der Waals surface area contributed by atoms with Crippen molar-refractivity contribution >= 4 is 53.7 Å². The molecule has 0 saturated heterocycles. The molecule has 0 aliphatic rings. The maximum Gasteiger partial charge on any atom is 0.500 e. The lowest BCUT2D eigenvalue weighted by atomic mass is 9.90. The molecule has 0 rings (SSSR count). The molecule has 0 radical (unpaired) electrons. The molecule has 0 aliphatic carbocycles. The molecule has 0 aliphatic heterocycles. The van der Waals surface area contributed by atoms with Crippen molar-refractivity contribution in [1.29, 1.82) is 0 Å². The van der Waals surface area contributed by atoms with Crippen LogP contribution in [-0.2, 0) is 78.9 Å². The van der Waals surface area contributed by atoms with Crippen LogP contribution in [0, 0.1) is 10.8 Å². The monoisotopic (exact) mass is 880 g/mol. The number of carbonyl (C=O) groups is 6. The Hall–Kier alpha value is -4.47. The molecule has 0 unspecified atom stereocenters. The number of ether oxygens (including phenoxy) is 7. The molecule has 0 aromatic heterocycles. The zero-order valence-electron chi connectivity index (χ0n) is 34.8. The maximum atomic E-state index is 13.0. The van der Waals surface area contributed by atoms with E-state index in [1.54, 1.807) is 0 Å². The molecule has 0 atom stereocenters. The molecular formula is C36H60N2O19Si2.